The molecule has 1 N–H and O–H groups in total. The van der Waals surface area contributed by atoms with Crippen LogP contribution in [0.15, 0.2) is 16.5 Å². The highest BCUT2D eigenvalue weighted by Crippen LogP contribution is 2.31. The topological polar surface area (TPSA) is 67.6 Å². The first-order valence-electron chi connectivity index (χ1n) is 8.54. The first kappa shape index (κ1) is 17.5. The molecule has 1 aliphatic rings. The van der Waals surface area contributed by atoms with E-state index in [1.165, 1.54) is 0 Å². The monoisotopic (exact) mass is 343 g/mol. The number of nitrogens with zero attached hydrogens (tertiary/aromatic N) is 2. The van der Waals surface area contributed by atoms with Crippen molar-refractivity contribution in [1.29, 1.82) is 0 Å². The number of methoxy groups -OCH3 is 1. The summed E-state index contributed by atoms with van der Waals surface area (Å²) in [6.07, 6.45) is 0. The van der Waals surface area contributed by atoms with Crippen LogP contribution in [0.4, 0.5) is 0 Å². The lowest BCUT2D eigenvalue weighted by atomic mass is 10.0. The first-order valence-corrected chi connectivity index (χ1v) is 8.54. The van der Waals surface area contributed by atoms with Crippen molar-refractivity contribution in [2.45, 2.75) is 40.3 Å². The van der Waals surface area contributed by atoms with Crippen molar-refractivity contribution in [2.24, 2.45) is 0 Å². The summed E-state index contributed by atoms with van der Waals surface area (Å²) in [4.78, 5) is 18.7. The normalized spacial score (nSPS) is 18.3. The van der Waals surface area contributed by atoms with Crippen molar-refractivity contribution >= 4 is 5.91 Å². The van der Waals surface area contributed by atoms with Crippen LogP contribution in [0.1, 0.15) is 29.5 Å². The Kier molecular flexibility index (Phi) is 4.81. The van der Waals surface area contributed by atoms with Gasteiger partial charge in [0.25, 0.3) is 0 Å². The van der Waals surface area contributed by atoms with Crippen molar-refractivity contribution in [3.8, 4) is 17.2 Å². The molecule has 3 rings (SSSR count). The number of nitrogens with one attached hydrogen (secondary N) is 1. The highest BCUT2D eigenvalue weighted by Gasteiger charge is 2.27. The predicted molar refractivity (Wildman–Crippen MR) is 95.6 cm³/mol. The fourth-order valence-electron chi connectivity index (χ4n) is 3.17. The van der Waals surface area contributed by atoms with E-state index in [1.807, 2.05) is 39.8 Å². The predicted octanol–water partition coefficient (Wildman–Crippen LogP) is 2.60. The van der Waals surface area contributed by atoms with Crippen LogP contribution in [0, 0.1) is 20.8 Å². The Balaban J connectivity index is 1.88. The minimum atomic E-state index is -0.154. The molecule has 6 heteroatoms. The molecule has 1 saturated heterocycles. The molecule has 1 amide bonds. The molecule has 0 aliphatic carbocycles. The standard InChI is InChI=1S/C19H25N3O3/c1-11-9-17(24-5)12(2)8-15(11)19-21-16(14(4)25-19)10-22-7-6-20-18(23)13(22)3/h8-9,13H,6-7,10H2,1-5H3,(H,20,23). The quantitative estimate of drug-likeness (QED) is 0.924. The van der Waals surface area contributed by atoms with E-state index in [4.69, 9.17) is 14.1 Å². The van der Waals surface area contributed by atoms with Crippen LogP contribution in [-0.2, 0) is 11.3 Å². The van der Waals surface area contributed by atoms with Crippen LogP contribution < -0.4 is 10.1 Å². The van der Waals surface area contributed by atoms with Gasteiger partial charge in [0.05, 0.1) is 18.8 Å². The van der Waals surface area contributed by atoms with E-state index in [9.17, 15) is 4.79 Å². The van der Waals surface area contributed by atoms with Gasteiger partial charge in [-0.05, 0) is 51.0 Å². The molecule has 2 aromatic rings. The summed E-state index contributed by atoms with van der Waals surface area (Å²) in [6.45, 7) is 9.96. The molecule has 1 unspecified atom stereocenters. The van der Waals surface area contributed by atoms with Gasteiger partial charge in [0.2, 0.25) is 11.8 Å². The second-order valence-corrected chi connectivity index (χ2v) is 6.60. The number of aryl methyl sites for hydroxylation is 3. The summed E-state index contributed by atoms with van der Waals surface area (Å²) < 4.78 is 11.3. The van der Waals surface area contributed by atoms with Gasteiger partial charge >= 0.3 is 0 Å². The lowest BCUT2D eigenvalue weighted by molar-refractivity contribution is -0.128. The third kappa shape index (κ3) is 3.39. The molecular weight excluding hydrogens is 318 g/mol. The number of amides is 1. The molecule has 6 nitrogen and oxygen atoms in total. The maximum Gasteiger partial charge on any atom is 0.237 e. The molecule has 0 bridgehead atoms. The molecule has 1 aromatic carbocycles. The minimum absolute atomic E-state index is 0.0641. The maximum atomic E-state index is 11.8. The van der Waals surface area contributed by atoms with E-state index in [2.05, 4.69) is 10.2 Å². The summed E-state index contributed by atoms with van der Waals surface area (Å²) >= 11 is 0. The van der Waals surface area contributed by atoms with Crippen molar-refractivity contribution in [1.82, 2.24) is 15.2 Å². The van der Waals surface area contributed by atoms with Gasteiger partial charge in [-0.25, -0.2) is 4.98 Å². The molecule has 0 spiro atoms. The van der Waals surface area contributed by atoms with E-state index in [0.717, 1.165) is 40.4 Å². The lowest BCUT2D eigenvalue weighted by Gasteiger charge is -2.32. The van der Waals surface area contributed by atoms with Gasteiger partial charge in [0, 0.05) is 25.2 Å². The van der Waals surface area contributed by atoms with Gasteiger partial charge in [0.1, 0.15) is 11.5 Å². The van der Waals surface area contributed by atoms with Crippen molar-refractivity contribution < 1.29 is 13.9 Å². The Morgan fingerprint density at radius 2 is 2.08 bits per heavy atom. The number of carbonyl (C=O) groups is 1. The Morgan fingerprint density at radius 3 is 2.80 bits per heavy atom. The third-order valence-corrected chi connectivity index (χ3v) is 4.84. The Bertz CT molecular complexity index is 797. The van der Waals surface area contributed by atoms with Gasteiger partial charge < -0.3 is 14.5 Å². The van der Waals surface area contributed by atoms with Crippen LogP contribution in [-0.4, -0.2) is 42.0 Å². The van der Waals surface area contributed by atoms with E-state index >= 15 is 0 Å². The summed E-state index contributed by atoms with van der Waals surface area (Å²) in [5.74, 6) is 2.33. The average Bonchev–Trinajstić information content (AvgIpc) is 2.94. The molecule has 134 valence electrons. The Labute approximate surface area is 148 Å². The summed E-state index contributed by atoms with van der Waals surface area (Å²) in [5, 5.41) is 2.88. The number of rotatable bonds is 4. The van der Waals surface area contributed by atoms with Gasteiger partial charge in [-0.15, -0.1) is 0 Å². The van der Waals surface area contributed by atoms with Gasteiger partial charge in [0.15, 0.2) is 0 Å². The lowest BCUT2D eigenvalue weighted by Crippen LogP contribution is -2.53. The van der Waals surface area contributed by atoms with E-state index in [1.54, 1.807) is 7.11 Å². The molecule has 0 saturated carbocycles. The molecule has 1 fully saturated rings. The van der Waals surface area contributed by atoms with E-state index < -0.39 is 0 Å². The SMILES string of the molecule is COc1cc(C)c(-c2nc(CN3CCNC(=O)C3C)c(C)o2)cc1C. The molecule has 2 heterocycles. The number of hydrogen-bond donors (Lipinski definition) is 1. The molecule has 1 aliphatic heterocycles. The number of piperazine rings is 1. The van der Waals surface area contributed by atoms with E-state index in [0.29, 0.717) is 19.0 Å². The zero-order chi connectivity index (χ0) is 18.1. The van der Waals surface area contributed by atoms with Crippen LogP contribution in [0.25, 0.3) is 11.5 Å². The highest BCUT2D eigenvalue weighted by atomic mass is 16.5. The number of hydrogen-bond acceptors (Lipinski definition) is 5. The molecule has 1 atom stereocenters. The zero-order valence-electron chi connectivity index (χ0n) is 15.5. The van der Waals surface area contributed by atoms with Crippen LogP contribution in [0.5, 0.6) is 5.75 Å². The summed E-state index contributed by atoms with van der Waals surface area (Å²) in [6, 6.07) is 3.89. The maximum absolute atomic E-state index is 11.8. The summed E-state index contributed by atoms with van der Waals surface area (Å²) in [7, 11) is 1.67. The second kappa shape index (κ2) is 6.88. The smallest absolute Gasteiger partial charge is 0.237 e. The number of oxazole rings is 1. The van der Waals surface area contributed by atoms with Gasteiger partial charge in [-0.1, -0.05) is 0 Å². The number of ether oxygens (including phenoxy) is 1. The highest BCUT2D eigenvalue weighted by molar-refractivity contribution is 5.82. The molecule has 25 heavy (non-hydrogen) atoms. The van der Waals surface area contributed by atoms with Crippen molar-refractivity contribution in [3.05, 3.63) is 34.7 Å². The fourth-order valence-corrected chi connectivity index (χ4v) is 3.17. The molecule has 1 aromatic heterocycles. The first-order chi connectivity index (χ1) is 11.9. The number of aromatic nitrogens is 1. The van der Waals surface area contributed by atoms with Crippen LogP contribution >= 0.6 is 0 Å². The molecular formula is C19H25N3O3. The largest absolute Gasteiger partial charge is 0.496 e. The number of carbonyl (C=O) groups excluding carboxylic acids is 1. The Hall–Kier alpha value is -2.34. The van der Waals surface area contributed by atoms with Gasteiger partial charge in [-0.2, -0.15) is 0 Å². The molecule has 0 radical (unpaired) electrons. The number of benzene rings is 1. The summed E-state index contributed by atoms with van der Waals surface area (Å²) in [5.41, 5.74) is 3.95. The zero-order valence-corrected chi connectivity index (χ0v) is 15.5. The second-order valence-electron chi connectivity index (χ2n) is 6.60. The van der Waals surface area contributed by atoms with Crippen molar-refractivity contribution in [2.75, 3.05) is 20.2 Å². The average molecular weight is 343 g/mol. The van der Waals surface area contributed by atoms with E-state index in [-0.39, 0.29) is 11.9 Å². The van der Waals surface area contributed by atoms with Gasteiger partial charge in [-0.3, -0.25) is 9.69 Å². The minimum Gasteiger partial charge on any atom is -0.496 e. The van der Waals surface area contributed by atoms with Crippen molar-refractivity contribution in [3.63, 3.8) is 0 Å². The van der Waals surface area contributed by atoms with Crippen LogP contribution in [0.2, 0.25) is 0 Å². The third-order valence-electron chi connectivity index (χ3n) is 4.84. The Morgan fingerprint density at radius 1 is 1.32 bits per heavy atom. The fraction of sp³-hybridized carbons (Fsp3) is 0.474. The van der Waals surface area contributed by atoms with Crippen LogP contribution in [0.3, 0.4) is 0 Å².